The topological polar surface area (TPSA) is 36.0 Å². The molecule has 1 aromatic carbocycles. The normalized spacial score (nSPS) is 20.6. The number of rotatable bonds is 5. The summed E-state index contributed by atoms with van der Waals surface area (Å²) in [5.74, 6) is 0. The summed E-state index contributed by atoms with van der Waals surface area (Å²) in [6.07, 6.45) is 1.78. The number of epoxide rings is 1. The molecule has 0 amide bonds. The van der Waals surface area contributed by atoms with Crippen LogP contribution in [0, 0.1) is 0 Å². The monoisotopic (exact) mass is 221 g/mol. The summed E-state index contributed by atoms with van der Waals surface area (Å²) in [6, 6.07) is 8.06. The Balaban J connectivity index is 1.91. The largest absolute Gasteiger partial charge is 0.388 e. The fourth-order valence-corrected chi connectivity index (χ4v) is 1.74. The van der Waals surface area contributed by atoms with Crippen molar-refractivity contribution in [2.75, 3.05) is 25.6 Å². The maximum absolute atomic E-state index is 9.96. The van der Waals surface area contributed by atoms with Gasteiger partial charge in [-0.05, 0) is 30.5 Å². The van der Waals surface area contributed by atoms with Gasteiger partial charge in [-0.25, -0.2) is 0 Å². The minimum Gasteiger partial charge on any atom is -0.388 e. The third kappa shape index (κ3) is 2.97. The highest BCUT2D eigenvalue weighted by Gasteiger charge is 2.23. The molecule has 3 heteroatoms. The van der Waals surface area contributed by atoms with Crippen molar-refractivity contribution in [3.63, 3.8) is 0 Å². The Bertz CT molecular complexity index is 330. The number of hydrogen-bond acceptors (Lipinski definition) is 3. The molecule has 0 aliphatic carbocycles. The summed E-state index contributed by atoms with van der Waals surface area (Å²) in [6.45, 7) is 0.867. The molecule has 1 aromatic rings. The van der Waals surface area contributed by atoms with Crippen molar-refractivity contribution in [1.29, 1.82) is 0 Å². The first kappa shape index (κ1) is 11.4. The van der Waals surface area contributed by atoms with Gasteiger partial charge in [0.15, 0.2) is 0 Å². The SMILES string of the molecule is CN(C)c1ccc(C(O)CCC2CO2)cc1. The summed E-state index contributed by atoms with van der Waals surface area (Å²) in [7, 11) is 4.02. The van der Waals surface area contributed by atoms with Crippen LogP contribution in [-0.4, -0.2) is 31.9 Å². The second-order valence-electron chi connectivity index (χ2n) is 4.53. The van der Waals surface area contributed by atoms with Gasteiger partial charge in [0.2, 0.25) is 0 Å². The molecule has 2 atom stereocenters. The van der Waals surface area contributed by atoms with Crippen LogP contribution in [0.1, 0.15) is 24.5 Å². The third-order valence-corrected chi connectivity index (χ3v) is 2.96. The lowest BCUT2D eigenvalue weighted by atomic mass is 10.0. The van der Waals surface area contributed by atoms with Crippen molar-refractivity contribution in [3.05, 3.63) is 29.8 Å². The predicted molar refractivity (Wildman–Crippen MR) is 64.7 cm³/mol. The molecular formula is C13H19NO2. The molecule has 0 aromatic heterocycles. The molecule has 0 spiro atoms. The van der Waals surface area contributed by atoms with Crippen molar-refractivity contribution in [3.8, 4) is 0 Å². The van der Waals surface area contributed by atoms with Crippen LogP contribution in [-0.2, 0) is 4.74 Å². The first-order valence-electron chi connectivity index (χ1n) is 5.74. The van der Waals surface area contributed by atoms with Crippen LogP contribution in [0.3, 0.4) is 0 Å². The van der Waals surface area contributed by atoms with E-state index in [0.29, 0.717) is 6.10 Å². The number of hydrogen-bond donors (Lipinski definition) is 1. The van der Waals surface area contributed by atoms with E-state index >= 15 is 0 Å². The smallest absolute Gasteiger partial charge is 0.0811 e. The number of benzene rings is 1. The summed E-state index contributed by atoms with van der Waals surface area (Å²) in [4.78, 5) is 2.05. The van der Waals surface area contributed by atoms with Gasteiger partial charge in [-0.1, -0.05) is 12.1 Å². The highest BCUT2D eigenvalue weighted by molar-refractivity contribution is 5.46. The Kier molecular flexibility index (Phi) is 3.46. The second-order valence-corrected chi connectivity index (χ2v) is 4.53. The van der Waals surface area contributed by atoms with Gasteiger partial charge in [0.25, 0.3) is 0 Å². The molecule has 0 bridgehead atoms. The van der Waals surface area contributed by atoms with Gasteiger partial charge in [-0.2, -0.15) is 0 Å². The molecule has 1 fully saturated rings. The summed E-state index contributed by atoms with van der Waals surface area (Å²) < 4.78 is 5.13. The minimum atomic E-state index is -0.361. The van der Waals surface area contributed by atoms with Gasteiger partial charge in [0.05, 0.1) is 18.8 Å². The Morgan fingerprint density at radius 1 is 1.38 bits per heavy atom. The molecule has 1 saturated heterocycles. The molecule has 16 heavy (non-hydrogen) atoms. The lowest BCUT2D eigenvalue weighted by Gasteiger charge is -2.15. The Labute approximate surface area is 96.6 Å². The van der Waals surface area contributed by atoms with Crippen molar-refractivity contribution in [1.82, 2.24) is 0 Å². The maximum atomic E-state index is 9.96. The third-order valence-electron chi connectivity index (χ3n) is 2.96. The van der Waals surface area contributed by atoms with E-state index in [4.69, 9.17) is 4.74 Å². The lowest BCUT2D eigenvalue weighted by molar-refractivity contribution is 0.160. The predicted octanol–water partition coefficient (Wildman–Crippen LogP) is 1.96. The standard InChI is InChI=1S/C13H19NO2/c1-14(2)11-5-3-10(4-6-11)13(15)8-7-12-9-16-12/h3-6,12-13,15H,7-9H2,1-2H3. The van der Waals surface area contributed by atoms with E-state index < -0.39 is 0 Å². The van der Waals surface area contributed by atoms with Gasteiger partial charge in [0.1, 0.15) is 0 Å². The van der Waals surface area contributed by atoms with E-state index in [9.17, 15) is 5.11 Å². The van der Waals surface area contributed by atoms with E-state index in [-0.39, 0.29) is 6.10 Å². The fraction of sp³-hybridized carbons (Fsp3) is 0.538. The summed E-state index contributed by atoms with van der Waals surface area (Å²) >= 11 is 0. The van der Waals surface area contributed by atoms with Gasteiger partial charge in [0, 0.05) is 19.8 Å². The minimum absolute atomic E-state index is 0.361. The van der Waals surface area contributed by atoms with Crippen molar-refractivity contribution in [2.45, 2.75) is 25.0 Å². The molecule has 0 saturated carbocycles. The fourth-order valence-electron chi connectivity index (χ4n) is 1.74. The summed E-state index contributed by atoms with van der Waals surface area (Å²) in [5, 5.41) is 9.96. The van der Waals surface area contributed by atoms with Gasteiger partial charge in [-0.3, -0.25) is 0 Å². The molecule has 3 nitrogen and oxygen atoms in total. The van der Waals surface area contributed by atoms with Gasteiger partial charge in [-0.15, -0.1) is 0 Å². The number of ether oxygens (including phenoxy) is 1. The quantitative estimate of drug-likeness (QED) is 0.772. The van der Waals surface area contributed by atoms with E-state index in [1.54, 1.807) is 0 Å². The maximum Gasteiger partial charge on any atom is 0.0811 e. The van der Waals surface area contributed by atoms with E-state index in [0.717, 1.165) is 30.7 Å². The Morgan fingerprint density at radius 2 is 2.00 bits per heavy atom. The first-order chi connectivity index (χ1) is 7.66. The molecule has 1 heterocycles. The highest BCUT2D eigenvalue weighted by Crippen LogP contribution is 2.25. The highest BCUT2D eigenvalue weighted by atomic mass is 16.6. The van der Waals surface area contributed by atoms with Crippen molar-refractivity contribution < 1.29 is 9.84 Å². The van der Waals surface area contributed by atoms with Crippen LogP contribution in [0.25, 0.3) is 0 Å². The lowest BCUT2D eigenvalue weighted by Crippen LogP contribution is -2.08. The molecule has 1 N–H and O–H groups in total. The van der Waals surface area contributed by atoms with E-state index in [1.807, 2.05) is 43.3 Å². The second kappa shape index (κ2) is 4.85. The van der Waals surface area contributed by atoms with Gasteiger partial charge >= 0.3 is 0 Å². The molecule has 2 unspecified atom stereocenters. The molecule has 88 valence electrons. The average Bonchev–Trinajstić information content (AvgIpc) is 3.10. The van der Waals surface area contributed by atoms with E-state index in [1.165, 1.54) is 0 Å². The molecule has 1 aliphatic heterocycles. The molecular weight excluding hydrogens is 202 g/mol. The number of aliphatic hydroxyl groups excluding tert-OH is 1. The van der Waals surface area contributed by atoms with Crippen molar-refractivity contribution in [2.24, 2.45) is 0 Å². The molecule has 1 aliphatic rings. The first-order valence-corrected chi connectivity index (χ1v) is 5.74. The number of anilines is 1. The molecule has 2 rings (SSSR count). The summed E-state index contributed by atoms with van der Waals surface area (Å²) in [5.41, 5.74) is 2.15. The zero-order valence-electron chi connectivity index (χ0n) is 9.89. The Hall–Kier alpha value is -1.06. The van der Waals surface area contributed by atoms with Crippen molar-refractivity contribution >= 4 is 5.69 Å². The van der Waals surface area contributed by atoms with Crippen LogP contribution in [0.2, 0.25) is 0 Å². The van der Waals surface area contributed by atoms with Crippen LogP contribution in [0.4, 0.5) is 5.69 Å². The van der Waals surface area contributed by atoms with Crippen LogP contribution in [0.15, 0.2) is 24.3 Å². The average molecular weight is 221 g/mol. The van der Waals surface area contributed by atoms with Crippen LogP contribution in [0.5, 0.6) is 0 Å². The molecule has 0 radical (unpaired) electrons. The van der Waals surface area contributed by atoms with Gasteiger partial charge < -0.3 is 14.7 Å². The Morgan fingerprint density at radius 3 is 2.50 bits per heavy atom. The number of nitrogens with zero attached hydrogens (tertiary/aromatic N) is 1. The van der Waals surface area contributed by atoms with Crippen LogP contribution < -0.4 is 4.90 Å². The van der Waals surface area contributed by atoms with Crippen LogP contribution >= 0.6 is 0 Å². The number of aliphatic hydroxyl groups is 1. The zero-order valence-corrected chi connectivity index (χ0v) is 9.89. The zero-order chi connectivity index (χ0) is 11.5. The van der Waals surface area contributed by atoms with E-state index in [2.05, 4.69) is 0 Å².